The van der Waals surface area contributed by atoms with Crippen molar-refractivity contribution in [2.24, 2.45) is 0 Å². The molecule has 2 aromatic carbocycles. The summed E-state index contributed by atoms with van der Waals surface area (Å²) in [5.41, 5.74) is 2.18. The average Bonchev–Trinajstić information content (AvgIpc) is 2.44. The van der Waals surface area contributed by atoms with Crippen molar-refractivity contribution >= 4 is 15.9 Å². The van der Waals surface area contributed by atoms with Gasteiger partial charge in [-0.15, -0.1) is 0 Å². The molecule has 0 heterocycles. The van der Waals surface area contributed by atoms with Crippen molar-refractivity contribution in [1.82, 2.24) is 0 Å². The van der Waals surface area contributed by atoms with Gasteiger partial charge >= 0.3 is 0 Å². The Morgan fingerprint density at radius 2 is 2.05 bits per heavy atom. The minimum absolute atomic E-state index is 0.170. The summed E-state index contributed by atoms with van der Waals surface area (Å²) in [6, 6.07) is 12.8. The fraction of sp³-hybridized carbons (Fsp3) is 0.250. The first-order chi connectivity index (χ1) is 9.69. The highest BCUT2D eigenvalue weighted by molar-refractivity contribution is 9.10. The fourth-order valence-corrected chi connectivity index (χ4v) is 2.53. The van der Waals surface area contributed by atoms with E-state index in [1.54, 1.807) is 19.2 Å². The second kappa shape index (κ2) is 7.41. The first-order valence-electron chi connectivity index (χ1n) is 6.57. The number of benzene rings is 2. The number of hydrogen-bond acceptors (Lipinski definition) is 1. The zero-order valence-corrected chi connectivity index (χ0v) is 13.0. The topological polar surface area (TPSA) is 25.8 Å². The molecule has 2 nitrogen and oxygen atoms in total. The van der Waals surface area contributed by atoms with Crippen LogP contribution in [0.15, 0.2) is 46.9 Å². The Balaban J connectivity index is 1.85. The van der Waals surface area contributed by atoms with Crippen LogP contribution >= 0.6 is 15.9 Å². The highest BCUT2D eigenvalue weighted by Gasteiger charge is 2.05. The molecular weight excluding hydrogens is 321 g/mol. The van der Waals surface area contributed by atoms with E-state index in [1.165, 1.54) is 6.07 Å². The van der Waals surface area contributed by atoms with Crippen LogP contribution in [0.25, 0.3) is 0 Å². The van der Waals surface area contributed by atoms with Gasteiger partial charge in [0, 0.05) is 16.5 Å². The summed E-state index contributed by atoms with van der Waals surface area (Å²) in [7, 11) is 1.68. The standard InChI is InChI=1S/C16H17BrFNO/c1-20-16-6-5-14(17)10-13(16)11-19-8-7-12-3-2-4-15(18)9-12/h2-6,9-10,19H,7-8,11H2,1H3/p+1. The number of ether oxygens (including phenoxy) is 1. The minimum Gasteiger partial charge on any atom is -0.496 e. The van der Waals surface area contributed by atoms with Gasteiger partial charge in [-0.25, -0.2) is 4.39 Å². The summed E-state index contributed by atoms with van der Waals surface area (Å²) in [4.78, 5) is 0. The van der Waals surface area contributed by atoms with Gasteiger partial charge in [-0.3, -0.25) is 0 Å². The summed E-state index contributed by atoms with van der Waals surface area (Å²) in [6.45, 7) is 1.76. The van der Waals surface area contributed by atoms with Crippen LogP contribution in [0.1, 0.15) is 11.1 Å². The van der Waals surface area contributed by atoms with Crippen LogP contribution in [0.5, 0.6) is 5.75 Å². The molecule has 2 N–H and O–H groups in total. The van der Waals surface area contributed by atoms with Gasteiger partial charge < -0.3 is 10.1 Å². The van der Waals surface area contributed by atoms with Crippen molar-refractivity contribution in [2.75, 3.05) is 13.7 Å². The molecule has 20 heavy (non-hydrogen) atoms. The van der Waals surface area contributed by atoms with E-state index < -0.39 is 0 Å². The average molecular weight is 339 g/mol. The Kier molecular flexibility index (Phi) is 5.56. The Bertz CT molecular complexity index is 574. The molecule has 0 saturated carbocycles. The van der Waals surface area contributed by atoms with Crippen LogP contribution in [0.3, 0.4) is 0 Å². The molecule has 2 rings (SSSR count). The Hall–Kier alpha value is -1.39. The summed E-state index contributed by atoms with van der Waals surface area (Å²) in [5, 5.41) is 2.20. The second-order valence-corrected chi connectivity index (χ2v) is 5.53. The molecule has 4 heteroatoms. The molecule has 0 atom stereocenters. The van der Waals surface area contributed by atoms with Crippen LogP contribution in [0.2, 0.25) is 0 Å². The summed E-state index contributed by atoms with van der Waals surface area (Å²) in [5.74, 6) is 0.728. The molecule has 0 unspecified atom stereocenters. The molecule has 0 aromatic heterocycles. The molecule has 0 saturated heterocycles. The van der Waals surface area contributed by atoms with Crippen LogP contribution < -0.4 is 10.1 Å². The van der Waals surface area contributed by atoms with Crippen LogP contribution in [0.4, 0.5) is 4.39 Å². The number of hydrogen-bond donors (Lipinski definition) is 1. The van der Waals surface area contributed by atoms with Crippen molar-refractivity contribution < 1.29 is 14.4 Å². The predicted octanol–water partition coefficient (Wildman–Crippen LogP) is 2.90. The van der Waals surface area contributed by atoms with Crippen molar-refractivity contribution in [2.45, 2.75) is 13.0 Å². The highest BCUT2D eigenvalue weighted by atomic mass is 79.9. The Morgan fingerprint density at radius 3 is 2.80 bits per heavy atom. The maximum atomic E-state index is 13.1. The third-order valence-electron chi connectivity index (χ3n) is 3.13. The van der Waals surface area contributed by atoms with Gasteiger partial charge in [0.1, 0.15) is 18.1 Å². The fourth-order valence-electron chi connectivity index (χ4n) is 2.13. The molecule has 0 fully saturated rings. The molecule has 0 spiro atoms. The van der Waals surface area contributed by atoms with E-state index >= 15 is 0 Å². The van der Waals surface area contributed by atoms with Gasteiger partial charge in [-0.1, -0.05) is 28.1 Å². The van der Waals surface area contributed by atoms with Gasteiger partial charge in [0.15, 0.2) is 0 Å². The summed E-state index contributed by atoms with van der Waals surface area (Å²) in [6.07, 6.45) is 0.855. The maximum absolute atomic E-state index is 13.1. The molecule has 0 aliphatic heterocycles. The van der Waals surface area contributed by atoms with E-state index in [0.717, 1.165) is 40.9 Å². The van der Waals surface area contributed by atoms with Crippen LogP contribution in [-0.4, -0.2) is 13.7 Å². The Morgan fingerprint density at radius 1 is 1.20 bits per heavy atom. The minimum atomic E-state index is -0.170. The second-order valence-electron chi connectivity index (χ2n) is 4.62. The van der Waals surface area contributed by atoms with E-state index in [0.29, 0.717) is 0 Å². The quantitative estimate of drug-likeness (QED) is 0.805. The Labute approximate surface area is 127 Å². The number of halogens is 2. The van der Waals surface area contributed by atoms with E-state index in [1.807, 2.05) is 18.2 Å². The lowest BCUT2D eigenvalue weighted by atomic mass is 10.1. The van der Waals surface area contributed by atoms with E-state index in [2.05, 4.69) is 27.3 Å². The van der Waals surface area contributed by atoms with Crippen molar-refractivity contribution in [3.05, 3.63) is 63.9 Å². The van der Waals surface area contributed by atoms with Crippen LogP contribution in [0, 0.1) is 5.82 Å². The van der Waals surface area contributed by atoms with E-state index in [4.69, 9.17) is 4.74 Å². The van der Waals surface area contributed by atoms with Crippen molar-refractivity contribution in [1.29, 1.82) is 0 Å². The number of nitrogens with two attached hydrogens (primary N) is 1. The van der Waals surface area contributed by atoms with Gasteiger partial charge in [0.05, 0.1) is 13.7 Å². The summed E-state index contributed by atoms with van der Waals surface area (Å²) < 4.78 is 19.4. The zero-order valence-electron chi connectivity index (χ0n) is 11.4. The lowest BCUT2D eigenvalue weighted by molar-refractivity contribution is -0.670. The first-order valence-corrected chi connectivity index (χ1v) is 7.37. The van der Waals surface area contributed by atoms with Gasteiger partial charge in [-0.2, -0.15) is 0 Å². The predicted molar refractivity (Wildman–Crippen MR) is 81.3 cm³/mol. The molecule has 0 bridgehead atoms. The molecule has 0 radical (unpaired) electrons. The number of rotatable bonds is 6. The van der Waals surface area contributed by atoms with Crippen LogP contribution in [-0.2, 0) is 13.0 Å². The zero-order chi connectivity index (χ0) is 14.4. The van der Waals surface area contributed by atoms with Crippen molar-refractivity contribution in [3.63, 3.8) is 0 Å². The van der Waals surface area contributed by atoms with Gasteiger partial charge in [-0.05, 0) is 35.9 Å². The lowest BCUT2D eigenvalue weighted by Crippen LogP contribution is -2.83. The molecule has 106 valence electrons. The molecule has 0 amide bonds. The smallest absolute Gasteiger partial charge is 0.127 e. The molecule has 2 aromatic rings. The first kappa shape index (κ1) is 15.0. The monoisotopic (exact) mass is 338 g/mol. The van der Waals surface area contributed by atoms with Crippen molar-refractivity contribution in [3.8, 4) is 5.75 Å². The van der Waals surface area contributed by atoms with Gasteiger partial charge in [0.25, 0.3) is 0 Å². The molecule has 0 aliphatic carbocycles. The van der Waals surface area contributed by atoms with E-state index in [-0.39, 0.29) is 5.82 Å². The maximum Gasteiger partial charge on any atom is 0.127 e. The highest BCUT2D eigenvalue weighted by Crippen LogP contribution is 2.21. The normalized spacial score (nSPS) is 10.6. The number of methoxy groups -OCH3 is 1. The third kappa shape index (κ3) is 4.32. The lowest BCUT2D eigenvalue weighted by Gasteiger charge is -2.08. The molecular formula is C16H18BrFNO+. The third-order valence-corrected chi connectivity index (χ3v) is 3.63. The summed E-state index contributed by atoms with van der Waals surface area (Å²) >= 11 is 3.47. The van der Waals surface area contributed by atoms with Gasteiger partial charge in [0.2, 0.25) is 0 Å². The largest absolute Gasteiger partial charge is 0.496 e. The SMILES string of the molecule is COc1ccc(Br)cc1C[NH2+]CCc1cccc(F)c1. The van der Waals surface area contributed by atoms with E-state index in [9.17, 15) is 4.39 Å². The molecule has 0 aliphatic rings. The number of quaternary nitrogens is 1.